The van der Waals surface area contributed by atoms with E-state index < -0.39 is 23.8 Å². The normalized spacial score (nSPS) is 16.7. The van der Waals surface area contributed by atoms with Crippen LogP contribution in [0.3, 0.4) is 0 Å². The van der Waals surface area contributed by atoms with Gasteiger partial charge in [0.15, 0.2) is 0 Å². The van der Waals surface area contributed by atoms with Gasteiger partial charge in [-0.1, -0.05) is 13.0 Å². The number of nitrogens with one attached hydrogen (secondary N) is 1. The molecule has 1 saturated heterocycles. The first-order valence-electron chi connectivity index (χ1n) is 6.97. The van der Waals surface area contributed by atoms with E-state index in [1.54, 1.807) is 6.92 Å². The number of hydrogen-bond acceptors (Lipinski definition) is 3. The molecule has 2 amide bonds. The summed E-state index contributed by atoms with van der Waals surface area (Å²) in [6.07, 6.45) is -3.11. The van der Waals surface area contributed by atoms with Gasteiger partial charge < -0.3 is 10.2 Å². The Balaban J connectivity index is 2.12. The monoisotopic (exact) mass is 315 g/mol. The fourth-order valence-electron chi connectivity index (χ4n) is 2.42. The first-order valence-corrected chi connectivity index (χ1v) is 6.97. The number of carbonyl (C=O) groups is 2. The third-order valence-electron chi connectivity index (χ3n) is 3.47. The van der Waals surface area contributed by atoms with Gasteiger partial charge in [-0.05, 0) is 25.0 Å². The topological polar surface area (TPSA) is 62.3 Å². The predicted molar refractivity (Wildman–Crippen MR) is 72.9 cm³/mol. The number of aromatic nitrogens is 1. The number of halogens is 3. The number of carbonyl (C=O) groups excluding carboxylic acids is 2. The van der Waals surface area contributed by atoms with Gasteiger partial charge in [0.05, 0.1) is 0 Å². The molecule has 8 heteroatoms. The summed E-state index contributed by atoms with van der Waals surface area (Å²) in [6.45, 7) is 2.23. The summed E-state index contributed by atoms with van der Waals surface area (Å²) in [4.78, 5) is 28.8. The Kier molecular flexibility index (Phi) is 4.68. The quantitative estimate of drug-likeness (QED) is 0.928. The van der Waals surface area contributed by atoms with Gasteiger partial charge in [0.25, 0.3) is 0 Å². The number of hydrogen-bond donors (Lipinski definition) is 1. The maximum atomic E-state index is 12.6. The van der Waals surface area contributed by atoms with Gasteiger partial charge in [-0.15, -0.1) is 0 Å². The molecule has 1 unspecified atom stereocenters. The zero-order valence-electron chi connectivity index (χ0n) is 12.0. The fourth-order valence-corrected chi connectivity index (χ4v) is 2.42. The van der Waals surface area contributed by atoms with Crippen molar-refractivity contribution in [2.75, 3.05) is 11.9 Å². The highest BCUT2D eigenvalue weighted by molar-refractivity contribution is 5.96. The second kappa shape index (κ2) is 6.33. The molecule has 0 bridgehead atoms. The molecule has 1 aliphatic heterocycles. The SMILES string of the molecule is CCC(C(=O)Nc1cccc(C(F)(F)F)n1)N1CCCC1=O. The van der Waals surface area contributed by atoms with Crippen LogP contribution in [0, 0.1) is 0 Å². The molecule has 1 aliphatic rings. The van der Waals surface area contributed by atoms with E-state index in [4.69, 9.17) is 0 Å². The minimum Gasteiger partial charge on any atom is -0.331 e. The summed E-state index contributed by atoms with van der Waals surface area (Å²) >= 11 is 0. The average molecular weight is 315 g/mol. The number of alkyl halides is 3. The van der Waals surface area contributed by atoms with Gasteiger partial charge in [0.1, 0.15) is 17.6 Å². The molecule has 0 aliphatic carbocycles. The maximum absolute atomic E-state index is 12.6. The molecule has 1 atom stereocenters. The molecule has 1 N–H and O–H groups in total. The van der Waals surface area contributed by atoms with E-state index >= 15 is 0 Å². The van der Waals surface area contributed by atoms with Crippen molar-refractivity contribution in [3.05, 3.63) is 23.9 Å². The number of nitrogens with zero attached hydrogens (tertiary/aromatic N) is 2. The predicted octanol–water partition coefficient (Wildman–Crippen LogP) is 2.44. The Bertz CT molecular complexity index is 575. The molecule has 5 nitrogen and oxygen atoms in total. The first kappa shape index (κ1) is 16.3. The second-order valence-corrected chi connectivity index (χ2v) is 5.01. The average Bonchev–Trinajstić information content (AvgIpc) is 2.85. The van der Waals surface area contributed by atoms with E-state index in [1.165, 1.54) is 17.0 Å². The fraction of sp³-hybridized carbons (Fsp3) is 0.500. The molecule has 2 rings (SSSR count). The summed E-state index contributed by atoms with van der Waals surface area (Å²) < 4.78 is 37.8. The molecule has 1 fully saturated rings. The van der Waals surface area contributed by atoms with Gasteiger partial charge >= 0.3 is 6.18 Å². The lowest BCUT2D eigenvalue weighted by molar-refractivity contribution is -0.141. The highest BCUT2D eigenvalue weighted by Crippen LogP contribution is 2.28. The van der Waals surface area contributed by atoms with Crippen molar-refractivity contribution in [2.45, 2.75) is 38.4 Å². The van der Waals surface area contributed by atoms with E-state index in [1.807, 2.05) is 0 Å². The van der Waals surface area contributed by atoms with E-state index in [9.17, 15) is 22.8 Å². The molecule has 0 aromatic carbocycles. The van der Waals surface area contributed by atoms with Crippen molar-refractivity contribution in [2.24, 2.45) is 0 Å². The van der Waals surface area contributed by atoms with E-state index in [0.717, 1.165) is 6.07 Å². The Labute approximate surface area is 125 Å². The molecule has 2 heterocycles. The number of likely N-dealkylation sites (tertiary alicyclic amines) is 1. The highest BCUT2D eigenvalue weighted by Gasteiger charge is 2.34. The van der Waals surface area contributed by atoms with Gasteiger partial charge in [-0.3, -0.25) is 9.59 Å². The van der Waals surface area contributed by atoms with Crippen molar-refractivity contribution in [1.82, 2.24) is 9.88 Å². The van der Waals surface area contributed by atoms with E-state index in [0.29, 0.717) is 25.8 Å². The van der Waals surface area contributed by atoms with Crippen LogP contribution in [-0.4, -0.2) is 34.3 Å². The summed E-state index contributed by atoms with van der Waals surface area (Å²) in [7, 11) is 0. The third-order valence-corrected chi connectivity index (χ3v) is 3.47. The zero-order valence-corrected chi connectivity index (χ0v) is 12.0. The smallest absolute Gasteiger partial charge is 0.331 e. The molecule has 0 saturated carbocycles. The second-order valence-electron chi connectivity index (χ2n) is 5.01. The van der Waals surface area contributed by atoms with Crippen LogP contribution in [0.25, 0.3) is 0 Å². The Morgan fingerprint density at radius 2 is 2.18 bits per heavy atom. The Morgan fingerprint density at radius 3 is 2.73 bits per heavy atom. The van der Waals surface area contributed by atoms with Crippen molar-refractivity contribution in [1.29, 1.82) is 0 Å². The minimum absolute atomic E-state index is 0.112. The van der Waals surface area contributed by atoms with Gasteiger partial charge in [-0.2, -0.15) is 13.2 Å². The van der Waals surface area contributed by atoms with Crippen LogP contribution in [0.4, 0.5) is 19.0 Å². The lowest BCUT2D eigenvalue weighted by Gasteiger charge is -2.25. The van der Waals surface area contributed by atoms with Crippen LogP contribution in [-0.2, 0) is 15.8 Å². The van der Waals surface area contributed by atoms with Crippen LogP contribution in [0.15, 0.2) is 18.2 Å². The lowest BCUT2D eigenvalue weighted by atomic mass is 10.2. The van der Waals surface area contributed by atoms with Crippen LogP contribution in [0.1, 0.15) is 31.9 Å². The van der Waals surface area contributed by atoms with Gasteiger partial charge in [0, 0.05) is 13.0 Å². The molecule has 22 heavy (non-hydrogen) atoms. The summed E-state index contributed by atoms with van der Waals surface area (Å²) in [6, 6.07) is 2.60. The molecule has 0 spiro atoms. The van der Waals surface area contributed by atoms with Crippen molar-refractivity contribution in [3.8, 4) is 0 Å². The standard InChI is InChI=1S/C14H16F3N3O2/c1-2-9(20-8-4-7-12(20)21)13(22)19-11-6-3-5-10(18-11)14(15,16)17/h3,5-6,9H,2,4,7-8H2,1H3,(H,18,19,22). The maximum Gasteiger partial charge on any atom is 0.433 e. The number of amides is 2. The Hall–Kier alpha value is -2.12. The largest absolute Gasteiger partial charge is 0.433 e. The van der Waals surface area contributed by atoms with Gasteiger partial charge in [-0.25, -0.2) is 4.98 Å². The van der Waals surface area contributed by atoms with Crippen LogP contribution in [0.2, 0.25) is 0 Å². The molecule has 120 valence electrons. The van der Waals surface area contributed by atoms with Crippen LogP contribution >= 0.6 is 0 Å². The summed E-state index contributed by atoms with van der Waals surface area (Å²) in [5.41, 5.74) is -1.07. The molecule has 1 aromatic heterocycles. The van der Waals surface area contributed by atoms with Crippen molar-refractivity contribution < 1.29 is 22.8 Å². The van der Waals surface area contributed by atoms with Crippen molar-refractivity contribution >= 4 is 17.6 Å². The molecule has 1 aromatic rings. The number of pyridine rings is 1. The minimum atomic E-state index is -4.57. The number of anilines is 1. The van der Waals surface area contributed by atoms with Crippen LogP contribution in [0.5, 0.6) is 0 Å². The van der Waals surface area contributed by atoms with E-state index in [-0.39, 0.29) is 11.7 Å². The number of rotatable bonds is 4. The zero-order chi connectivity index (χ0) is 16.3. The molecular weight excluding hydrogens is 299 g/mol. The highest BCUT2D eigenvalue weighted by atomic mass is 19.4. The third kappa shape index (κ3) is 3.55. The lowest BCUT2D eigenvalue weighted by Crippen LogP contribution is -2.44. The molecule has 0 radical (unpaired) electrons. The Morgan fingerprint density at radius 1 is 1.45 bits per heavy atom. The van der Waals surface area contributed by atoms with Gasteiger partial charge in [0.2, 0.25) is 11.8 Å². The molecular formula is C14H16F3N3O2. The first-order chi connectivity index (χ1) is 10.3. The van der Waals surface area contributed by atoms with Crippen LogP contribution < -0.4 is 5.32 Å². The summed E-state index contributed by atoms with van der Waals surface area (Å²) in [5, 5.41) is 2.36. The summed E-state index contributed by atoms with van der Waals surface area (Å²) in [5.74, 6) is -0.812. The van der Waals surface area contributed by atoms with E-state index in [2.05, 4.69) is 10.3 Å². The van der Waals surface area contributed by atoms with Crippen molar-refractivity contribution in [3.63, 3.8) is 0 Å².